The van der Waals surface area contributed by atoms with Crippen LogP contribution < -0.4 is 4.65 Å². The molecule has 9 nitrogen and oxygen atoms in total. The summed E-state index contributed by atoms with van der Waals surface area (Å²) in [5, 5.41) is 20.0. The van der Waals surface area contributed by atoms with Crippen molar-refractivity contribution in [3.8, 4) is 5.75 Å². The number of rotatable bonds is 6. The lowest BCUT2D eigenvalue weighted by atomic mass is 9.77. The van der Waals surface area contributed by atoms with Gasteiger partial charge in [-0.1, -0.05) is 6.07 Å². The quantitative estimate of drug-likeness (QED) is 0.421. The predicted molar refractivity (Wildman–Crippen MR) is 88.1 cm³/mol. The molecule has 0 aromatic heterocycles. The summed E-state index contributed by atoms with van der Waals surface area (Å²) in [6.07, 6.45) is -2.25. The van der Waals surface area contributed by atoms with Crippen molar-refractivity contribution in [2.24, 2.45) is 0 Å². The molecule has 3 rings (SSSR count). The molecule has 11 heteroatoms. The minimum absolute atomic E-state index is 0.0307. The number of nitrogens with zero attached hydrogens (tertiary/aromatic N) is 1. The van der Waals surface area contributed by atoms with Gasteiger partial charge >= 0.3 is 13.3 Å². The van der Waals surface area contributed by atoms with E-state index in [1.54, 1.807) is 6.07 Å². The van der Waals surface area contributed by atoms with Gasteiger partial charge in [-0.3, -0.25) is 4.79 Å². The highest BCUT2D eigenvalue weighted by Gasteiger charge is 2.54. The Balaban J connectivity index is 1.56. The zero-order valence-electron chi connectivity index (χ0n) is 14.8. The van der Waals surface area contributed by atoms with Gasteiger partial charge in [0, 0.05) is 19.9 Å². The molecule has 0 radical (unpaired) electrons. The fourth-order valence-electron chi connectivity index (χ4n) is 2.86. The van der Waals surface area contributed by atoms with Gasteiger partial charge in [0.05, 0.1) is 5.56 Å². The van der Waals surface area contributed by atoms with Crippen LogP contribution in [0.1, 0.15) is 29.8 Å². The monoisotopic (exact) mass is 383 g/mol. The third-order valence-corrected chi connectivity index (χ3v) is 4.48. The molecular weight excluding hydrogens is 364 g/mol. The average Bonchev–Trinajstić information content (AvgIpc) is 3.40. The Morgan fingerprint density at radius 2 is 2.15 bits per heavy atom. The maximum Gasteiger partial charge on any atom is 0.526 e. The van der Waals surface area contributed by atoms with E-state index in [2.05, 4.69) is 9.47 Å². The number of aliphatic hydroxyl groups is 1. The van der Waals surface area contributed by atoms with Crippen LogP contribution in [0.3, 0.4) is 0 Å². The van der Waals surface area contributed by atoms with Gasteiger partial charge in [-0.25, -0.2) is 9.18 Å². The third-order valence-electron chi connectivity index (χ3n) is 4.48. The molecular formula is C16H19BFNO8. The van der Waals surface area contributed by atoms with Crippen LogP contribution in [-0.2, 0) is 19.0 Å². The van der Waals surface area contributed by atoms with Gasteiger partial charge in [0.15, 0.2) is 19.7 Å². The molecule has 1 aromatic carbocycles. The summed E-state index contributed by atoms with van der Waals surface area (Å²) in [5.41, 5.74) is 0.406. The number of fused-ring (bicyclic) bond motifs is 3. The van der Waals surface area contributed by atoms with E-state index >= 15 is 0 Å². The van der Waals surface area contributed by atoms with E-state index in [9.17, 15) is 24.1 Å². The van der Waals surface area contributed by atoms with E-state index in [4.69, 9.17) is 9.39 Å². The minimum Gasteiger partial charge on any atom is -0.535 e. The molecule has 0 spiro atoms. The number of carbonyl (C=O) groups excluding carboxylic acids is 2. The van der Waals surface area contributed by atoms with E-state index in [0.717, 1.165) is 6.42 Å². The largest absolute Gasteiger partial charge is 0.535 e. The number of likely N-dealkylation sites (N-methyl/N-ethyl adjacent to an activating group) is 1. The first-order valence-electron chi connectivity index (χ1n) is 8.26. The number of ether oxygens (including phenoxy) is 3. The smallest absolute Gasteiger partial charge is 0.526 e. The summed E-state index contributed by atoms with van der Waals surface area (Å²) in [5.74, 6) is -1.17. The maximum absolute atomic E-state index is 14.2. The lowest BCUT2D eigenvalue weighted by Gasteiger charge is -2.24. The number of amides is 1. The van der Waals surface area contributed by atoms with Crippen LogP contribution in [0, 0.1) is 5.82 Å². The number of benzene rings is 1. The average molecular weight is 383 g/mol. The molecule has 0 saturated heterocycles. The number of hydrogen-bond donors (Lipinski definition) is 2. The van der Waals surface area contributed by atoms with Crippen LogP contribution >= 0.6 is 0 Å². The Hall–Kier alpha value is -2.37. The molecule has 3 atom stereocenters. The number of aliphatic hydroxyl groups excluding tert-OH is 1. The predicted octanol–water partition coefficient (Wildman–Crippen LogP) is 0.762. The number of carbonyl (C=O) groups is 2. The molecule has 2 N–H and O–H groups in total. The Kier molecular flexibility index (Phi) is 5.54. The Morgan fingerprint density at radius 1 is 1.41 bits per heavy atom. The van der Waals surface area contributed by atoms with Crippen LogP contribution in [0.15, 0.2) is 12.1 Å². The fourth-order valence-corrected chi connectivity index (χ4v) is 2.86. The van der Waals surface area contributed by atoms with Crippen LogP contribution in [0.4, 0.5) is 9.18 Å². The first-order valence-corrected chi connectivity index (χ1v) is 8.26. The fraction of sp³-hybridized carbons (Fsp3) is 0.500. The van der Waals surface area contributed by atoms with Crippen LogP contribution in [0.5, 0.6) is 5.75 Å². The molecule has 1 aliphatic carbocycles. The Labute approximate surface area is 154 Å². The summed E-state index contributed by atoms with van der Waals surface area (Å²) in [4.78, 5) is 23.9. The topological polar surface area (TPSA) is 115 Å². The van der Waals surface area contributed by atoms with Gasteiger partial charge in [-0.15, -0.1) is 0 Å². The van der Waals surface area contributed by atoms with Crippen molar-refractivity contribution >= 4 is 19.2 Å². The highest BCUT2D eigenvalue weighted by atomic mass is 19.1. The lowest BCUT2D eigenvalue weighted by Crippen LogP contribution is -2.28. The van der Waals surface area contributed by atoms with Crippen LogP contribution in [-0.4, -0.2) is 61.7 Å². The van der Waals surface area contributed by atoms with Gasteiger partial charge in [-0.2, -0.15) is 0 Å². The van der Waals surface area contributed by atoms with Gasteiger partial charge < -0.3 is 33.9 Å². The molecule has 146 valence electrons. The van der Waals surface area contributed by atoms with Gasteiger partial charge in [0.25, 0.3) is 5.91 Å². The van der Waals surface area contributed by atoms with Crippen molar-refractivity contribution in [3.05, 3.63) is 29.1 Å². The van der Waals surface area contributed by atoms with E-state index in [1.807, 2.05) is 0 Å². The molecule has 2 aliphatic rings. The highest BCUT2D eigenvalue weighted by Crippen LogP contribution is 2.60. The molecule has 1 amide bonds. The zero-order chi connectivity index (χ0) is 19.7. The molecule has 27 heavy (non-hydrogen) atoms. The molecule has 1 saturated carbocycles. The third kappa shape index (κ3) is 4.15. The van der Waals surface area contributed by atoms with Crippen LogP contribution in [0.25, 0.3) is 0 Å². The van der Waals surface area contributed by atoms with E-state index in [-0.39, 0.29) is 23.0 Å². The summed E-state index contributed by atoms with van der Waals surface area (Å²) in [6, 6.07) is 2.73. The van der Waals surface area contributed by atoms with Crippen molar-refractivity contribution in [1.29, 1.82) is 0 Å². The second kappa shape index (κ2) is 7.71. The van der Waals surface area contributed by atoms with Crippen molar-refractivity contribution in [3.63, 3.8) is 0 Å². The standard InChI is InChI=1S/C16H19BFNO8/c1-19(2)12(20)6-24-16(22)26-7-25-15(21)13-11(18)4-3-8-9-5-10(9)17(23)27-14(8)13/h3-4,9-10,15,21,23H,5-7H2,1-2H3/t9-,10-,15?/m1/s1. The minimum atomic E-state index is -1.79. The van der Waals surface area contributed by atoms with Gasteiger partial charge in [0.2, 0.25) is 0 Å². The van der Waals surface area contributed by atoms with Crippen molar-refractivity contribution in [2.75, 3.05) is 27.5 Å². The second-order valence-corrected chi connectivity index (χ2v) is 6.50. The van der Waals surface area contributed by atoms with E-state index in [1.165, 1.54) is 25.1 Å². The molecule has 1 heterocycles. The normalized spacial score (nSPS) is 20.7. The summed E-state index contributed by atoms with van der Waals surface area (Å²) in [7, 11) is 1.92. The summed E-state index contributed by atoms with van der Waals surface area (Å²) >= 11 is 0. The molecule has 1 aromatic rings. The molecule has 1 fully saturated rings. The van der Waals surface area contributed by atoms with E-state index in [0.29, 0.717) is 5.56 Å². The van der Waals surface area contributed by atoms with Crippen molar-refractivity contribution in [1.82, 2.24) is 4.90 Å². The summed E-state index contributed by atoms with van der Waals surface area (Å²) < 4.78 is 33.6. The van der Waals surface area contributed by atoms with E-state index < -0.39 is 44.7 Å². The molecule has 1 unspecified atom stereocenters. The maximum atomic E-state index is 14.2. The van der Waals surface area contributed by atoms with Gasteiger partial charge in [-0.05, 0) is 24.0 Å². The Morgan fingerprint density at radius 3 is 2.85 bits per heavy atom. The first-order chi connectivity index (χ1) is 12.8. The SMILES string of the molecule is CN(C)C(=O)COC(=O)OCOC(O)c1c(F)ccc2c1OB(O)[C@@H]1C[C@H]21. The number of hydrogen-bond acceptors (Lipinski definition) is 8. The van der Waals surface area contributed by atoms with Crippen LogP contribution in [0.2, 0.25) is 5.82 Å². The van der Waals surface area contributed by atoms with Gasteiger partial charge in [0.1, 0.15) is 11.6 Å². The highest BCUT2D eigenvalue weighted by molar-refractivity contribution is 6.48. The lowest BCUT2D eigenvalue weighted by molar-refractivity contribution is -0.164. The zero-order valence-corrected chi connectivity index (χ0v) is 14.8. The number of halogens is 1. The summed E-state index contributed by atoms with van der Waals surface area (Å²) in [6.45, 7) is -1.25. The van der Waals surface area contributed by atoms with Crippen molar-refractivity contribution in [2.45, 2.75) is 24.4 Å². The molecule has 0 bridgehead atoms. The Bertz CT molecular complexity index is 745. The molecule has 1 aliphatic heterocycles. The van der Waals surface area contributed by atoms with Crippen molar-refractivity contribution < 1.29 is 43.0 Å². The first kappa shape index (κ1) is 19.4. The second-order valence-electron chi connectivity index (χ2n) is 6.50.